The van der Waals surface area contributed by atoms with Crippen molar-refractivity contribution in [3.05, 3.63) is 30.3 Å². The van der Waals surface area contributed by atoms with E-state index < -0.39 is 12.2 Å². The van der Waals surface area contributed by atoms with Crippen LogP contribution in [-0.2, 0) is 14.3 Å². The van der Waals surface area contributed by atoms with Gasteiger partial charge in [-0.3, -0.25) is 10.1 Å². The normalized spacial score (nSPS) is 23.5. The summed E-state index contributed by atoms with van der Waals surface area (Å²) in [5.74, 6) is 1.71. The lowest BCUT2D eigenvalue weighted by Crippen LogP contribution is -2.39. The molecule has 0 spiro atoms. The standard InChI is InChI=1S/C29H45N3O5/c1-2-3-10-27(33)30-25-15-11-22(12-16-25)21-23-13-17-26(18-14-23)32-29(35)37-20-7-19-36-28(34)31-24-8-5-4-6-9-24/h4-6,8-9,22-23,25-26H,2-3,7,10-21H2,1H3,(H,30,33)(H,31,34)(H,32,35). The van der Waals surface area contributed by atoms with Gasteiger partial charge in [0.05, 0.1) is 13.2 Å². The molecule has 1 aromatic rings. The molecule has 2 aliphatic rings. The fourth-order valence-corrected chi connectivity index (χ4v) is 5.47. The van der Waals surface area contributed by atoms with Crippen LogP contribution in [0.1, 0.15) is 90.4 Å². The molecule has 0 radical (unpaired) electrons. The van der Waals surface area contributed by atoms with Crippen molar-refractivity contribution in [2.75, 3.05) is 18.5 Å². The van der Waals surface area contributed by atoms with Crippen molar-refractivity contribution in [2.45, 2.75) is 102 Å². The van der Waals surface area contributed by atoms with Gasteiger partial charge in [-0.25, -0.2) is 9.59 Å². The van der Waals surface area contributed by atoms with E-state index in [1.54, 1.807) is 12.1 Å². The number of benzene rings is 1. The molecule has 3 N–H and O–H groups in total. The Labute approximate surface area is 221 Å². The van der Waals surface area contributed by atoms with Crippen LogP contribution in [0.2, 0.25) is 0 Å². The molecule has 3 amide bonds. The van der Waals surface area contributed by atoms with Gasteiger partial charge in [0.15, 0.2) is 0 Å². The fourth-order valence-electron chi connectivity index (χ4n) is 5.47. The van der Waals surface area contributed by atoms with Crippen molar-refractivity contribution in [3.8, 4) is 0 Å². The molecule has 37 heavy (non-hydrogen) atoms. The number of carbonyl (C=O) groups excluding carboxylic acids is 3. The smallest absolute Gasteiger partial charge is 0.411 e. The van der Waals surface area contributed by atoms with Gasteiger partial charge >= 0.3 is 12.2 Å². The number of alkyl carbamates (subject to hydrolysis) is 1. The fraction of sp³-hybridized carbons (Fsp3) is 0.690. The average Bonchev–Trinajstić information content (AvgIpc) is 2.90. The first kappa shape index (κ1) is 28.8. The number of anilines is 1. The monoisotopic (exact) mass is 515 g/mol. The van der Waals surface area contributed by atoms with Gasteiger partial charge in [0, 0.05) is 30.6 Å². The van der Waals surface area contributed by atoms with E-state index in [0.29, 0.717) is 24.6 Å². The molecule has 1 aromatic carbocycles. The Balaban J connectivity index is 1.19. The summed E-state index contributed by atoms with van der Waals surface area (Å²) in [5, 5.41) is 8.86. The molecule has 2 saturated carbocycles. The number of hydrogen-bond acceptors (Lipinski definition) is 5. The predicted octanol–water partition coefficient (Wildman–Crippen LogP) is 6.17. The van der Waals surface area contributed by atoms with Gasteiger partial charge in [-0.1, -0.05) is 31.5 Å². The third-order valence-electron chi connectivity index (χ3n) is 7.58. The van der Waals surface area contributed by atoms with E-state index >= 15 is 0 Å². The molecule has 0 aromatic heterocycles. The highest BCUT2D eigenvalue weighted by atomic mass is 16.6. The van der Waals surface area contributed by atoms with Gasteiger partial charge < -0.3 is 20.1 Å². The number of ether oxygens (including phenoxy) is 2. The molecular weight excluding hydrogens is 470 g/mol. The lowest BCUT2D eigenvalue weighted by atomic mass is 9.75. The second-order valence-electron chi connectivity index (χ2n) is 10.6. The van der Waals surface area contributed by atoms with Crippen LogP contribution in [0.5, 0.6) is 0 Å². The minimum absolute atomic E-state index is 0.172. The number of rotatable bonds is 12. The third-order valence-corrected chi connectivity index (χ3v) is 7.58. The first-order valence-electron chi connectivity index (χ1n) is 14.2. The topological polar surface area (TPSA) is 106 Å². The number of unbranched alkanes of at least 4 members (excludes halogenated alkanes) is 1. The summed E-state index contributed by atoms with van der Waals surface area (Å²) >= 11 is 0. The predicted molar refractivity (Wildman–Crippen MR) is 144 cm³/mol. The lowest BCUT2D eigenvalue weighted by Gasteiger charge is -2.34. The quantitative estimate of drug-likeness (QED) is 0.289. The van der Waals surface area contributed by atoms with Gasteiger partial charge in [0.2, 0.25) is 5.91 Å². The Hall–Kier alpha value is -2.77. The summed E-state index contributed by atoms with van der Waals surface area (Å²) in [5.41, 5.74) is 0.674. The van der Waals surface area contributed by atoms with E-state index in [9.17, 15) is 14.4 Å². The number of carbonyl (C=O) groups is 3. The molecule has 0 unspecified atom stereocenters. The molecule has 0 heterocycles. The molecule has 0 aliphatic heterocycles. The lowest BCUT2D eigenvalue weighted by molar-refractivity contribution is -0.122. The number of hydrogen-bond donors (Lipinski definition) is 3. The van der Waals surface area contributed by atoms with E-state index in [0.717, 1.165) is 63.2 Å². The minimum atomic E-state index is -0.519. The van der Waals surface area contributed by atoms with Crippen LogP contribution in [0.3, 0.4) is 0 Å². The molecule has 8 heteroatoms. The first-order valence-corrected chi connectivity index (χ1v) is 14.2. The zero-order valence-electron chi connectivity index (χ0n) is 22.3. The van der Waals surface area contributed by atoms with Gasteiger partial charge in [0.1, 0.15) is 0 Å². The van der Waals surface area contributed by atoms with Crippen molar-refractivity contribution < 1.29 is 23.9 Å². The Morgan fingerprint density at radius 1 is 0.757 bits per heavy atom. The SMILES string of the molecule is CCCCC(=O)NC1CCC(CC2CCC(NC(=O)OCCCOC(=O)Nc3ccccc3)CC2)CC1. The van der Waals surface area contributed by atoms with Crippen LogP contribution in [0.15, 0.2) is 30.3 Å². The van der Waals surface area contributed by atoms with E-state index in [1.807, 2.05) is 18.2 Å². The molecule has 2 aliphatic carbocycles. The van der Waals surface area contributed by atoms with Crippen LogP contribution in [0.4, 0.5) is 15.3 Å². The molecule has 0 bridgehead atoms. The van der Waals surface area contributed by atoms with Crippen LogP contribution < -0.4 is 16.0 Å². The summed E-state index contributed by atoms with van der Waals surface area (Å²) < 4.78 is 10.4. The molecule has 2 fully saturated rings. The summed E-state index contributed by atoms with van der Waals surface area (Å²) in [6.07, 6.45) is 12.4. The molecule has 206 valence electrons. The first-order chi connectivity index (χ1) is 18.0. The van der Waals surface area contributed by atoms with Crippen molar-refractivity contribution in [3.63, 3.8) is 0 Å². The van der Waals surface area contributed by atoms with E-state index in [-0.39, 0.29) is 25.2 Å². The number of para-hydroxylation sites is 1. The maximum absolute atomic E-state index is 12.1. The number of amides is 3. The summed E-state index contributed by atoms with van der Waals surface area (Å²) in [6, 6.07) is 9.64. The molecular formula is C29H45N3O5. The summed E-state index contributed by atoms with van der Waals surface area (Å²) in [6.45, 7) is 2.51. The molecule has 3 rings (SSSR count). The zero-order chi connectivity index (χ0) is 26.3. The highest BCUT2D eigenvalue weighted by Gasteiger charge is 2.28. The van der Waals surface area contributed by atoms with Gasteiger partial charge in [0.25, 0.3) is 0 Å². The van der Waals surface area contributed by atoms with Crippen molar-refractivity contribution in [1.82, 2.24) is 10.6 Å². The van der Waals surface area contributed by atoms with Gasteiger partial charge in [-0.05, 0) is 88.2 Å². The molecule has 0 atom stereocenters. The van der Waals surface area contributed by atoms with E-state index in [4.69, 9.17) is 9.47 Å². The van der Waals surface area contributed by atoms with Gasteiger partial charge in [-0.2, -0.15) is 0 Å². The summed E-state index contributed by atoms with van der Waals surface area (Å²) in [4.78, 5) is 35.8. The summed E-state index contributed by atoms with van der Waals surface area (Å²) in [7, 11) is 0. The maximum Gasteiger partial charge on any atom is 0.411 e. The highest BCUT2D eigenvalue weighted by Crippen LogP contribution is 2.35. The van der Waals surface area contributed by atoms with Crippen LogP contribution in [-0.4, -0.2) is 43.4 Å². The molecule has 8 nitrogen and oxygen atoms in total. The minimum Gasteiger partial charge on any atom is -0.449 e. The van der Waals surface area contributed by atoms with Crippen molar-refractivity contribution in [1.29, 1.82) is 0 Å². The van der Waals surface area contributed by atoms with Crippen LogP contribution in [0, 0.1) is 11.8 Å². The molecule has 0 saturated heterocycles. The number of nitrogens with one attached hydrogen (secondary N) is 3. The highest BCUT2D eigenvalue weighted by molar-refractivity contribution is 5.84. The Bertz CT molecular complexity index is 818. The largest absolute Gasteiger partial charge is 0.449 e. The zero-order valence-corrected chi connectivity index (χ0v) is 22.3. The van der Waals surface area contributed by atoms with E-state index in [1.165, 1.54) is 19.3 Å². The Morgan fingerprint density at radius 2 is 1.32 bits per heavy atom. The second-order valence-corrected chi connectivity index (χ2v) is 10.6. The Kier molecular flexibility index (Phi) is 12.6. The average molecular weight is 516 g/mol. The van der Waals surface area contributed by atoms with E-state index in [2.05, 4.69) is 22.9 Å². The van der Waals surface area contributed by atoms with Crippen LogP contribution in [0.25, 0.3) is 0 Å². The Morgan fingerprint density at radius 3 is 1.92 bits per heavy atom. The van der Waals surface area contributed by atoms with Crippen molar-refractivity contribution >= 4 is 23.8 Å². The van der Waals surface area contributed by atoms with Crippen molar-refractivity contribution in [2.24, 2.45) is 11.8 Å². The third kappa shape index (κ3) is 11.4. The maximum atomic E-state index is 12.1. The van der Waals surface area contributed by atoms with Crippen LogP contribution >= 0.6 is 0 Å². The van der Waals surface area contributed by atoms with Gasteiger partial charge in [-0.15, -0.1) is 0 Å². The second kappa shape index (κ2) is 16.2.